The van der Waals surface area contributed by atoms with Gasteiger partial charge in [0, 0.05) is 18.7 Å². The van der Waals surface area contributed by atoms with Crippen molar-refractivity contribution in [3.8, 4) is 0 Å². The molecule has 0 spiro atoms. The summed E-state index contributed by atoms with van der Waals surface area (Å²) in [4.78, 5) is 10.1. The number of nitro groups is 1. The minimum atomic E-state index is -3.97. The van der Waals surface area contributed by atoms with E-state index in [9.17, 15) is 26.9 Å². The van der Waals surface area contributed by atoms with Gasteiger partial charge < -0.3 is 0 Å². The molecule has 0 radical (unpaired) electrons. The van der Waals surface area contributed by atoms with Crippen LogP contribution in [0.1, 0.15) is 31.2 Å². The van der Waals surface area contributed by atoms with Crippen molar-refractivity contribution in [3.05, 3.63) is 63.2 Å². The molecule has 3 rings (SSSR count). The van der Waals surface area contributed by atoms with Gasteiger partial charge in [-0.15, -0.1) is 0 Å². The third-order valence-corrected chi connectivity index (χ3v) is 8.36. The third-order valence-electron chi connectivity index (χ3n) is 5.04. The fourth-order valence-electron chi connectivity index (χ4n) is 3.38. The number of nitro benzene ring substituents is 1. The molecule has 0 bridgehead atoms. The molecule has 31 heavy (non-hydrogen) atoms. The van der Waals surface area contributed by atoms with Crippen LogP contribution >= 0.6 is 11.6 Å². The van der Waals surface area contributed by atoms with Crippen LogP contribution in [0.2, 0.25) is 5.02 Å². The van der Waals surface area contributed by atoms with Crippen LogP contribution in [0, 0.1) is 10.1 Å². The van der Waals surface area contributed by atoms with E-state index < -0.39 is 30.7 Å². The van der Waals surface area contributed by atoms with Crippen LogP contribution in [0.3, 0.4) is 0 Å². The van der Waals surface area contributed by atoms with E-state index >= 15 is 0 Å². The first-order valence-corrected chi connectivity index (χ1v) is 13.0. The van der Waals surface area contributed by atoms with E-state index in [1.165, 1.54) is 18.2 Å². The molecule has 2 aromatic rings. The van der Waals surface area contributed by atoms with Crippen molar-refractivity contribution in [1.82, 2.24) is 9.44 Å². The lowest BCUT2D eigenvalue weighted by molar-refractivity contribution is -0.384. The standard InChI is InChI=1S/C19H22ClN3O6S2/c20-18-10-9-17(13-19(18)23(24)25)30(26,27)21-12-11-14-5-7-16(8-6-14)31(28,29)22-15-3-1-2-4-15/h5-10,13,15,21-22H,1-4,11-12H2. The van der Waals surface area contributed by atoms with E-state index in [1.807, 2.05) is 0 Å². The summed E-state index contributed by atoms with van der Waals surface area (Å²) >= 11 is 5.71. The second-order valence-electron chi connectivity index (χ2n) is 7.26. The monoisotopic (exact) mass is 487 g/mol. The molecule has 1 fully saturated rings. The number of nitrogens with zero attached hydrogens (tertiary/aromatic N) is 1. The Balaban J connectivity index is 1.60. The van der Waals surface area contributed by atoms with Gasteiger partial charge in [0.05, 0.1) is 14.7 Å². The number of hydrogen-bond acceptors (Lipinski definition) is 6. The summed E-state index contributed by atoms with van der Waals surface area (Å²) in [6.07, 6.45) is 4.03. The van der Waals surface area contributed by atoms with Crippen molar-refractivity contribution in [1.29, 1.82) is 0 Å². The molecule has 0 aromatic heterocycles. The molecule has 2 N–H and O–H groups in total. The predicted octanol–water partition coefficient (Wildman–Crippen LogP) is 2.99. The topological polar surface area (TPSA) is 135 Å². The molecule has 0 atom stereocenters. The Hall–Kier alpha value is -2.05. The van der Waals surface area contributed by atoms with E-state index in [1.54, 1.807) is 12.1 Å². The molecular weight excluding hydrogens is 466 g/mol. The van der Waals surface area contributed by atoms with Gasteiger partial charge in [-0.05, 0) is 49.1 Å². The number of benzene rings is 2. The van der Waals surface area contributed by atoms with Gasteiger partial charge in [0.25, 0.3) is 5.69 Å². The van der Waals surface area contributed by atoms with Crippen molar-refractivity contribution >= 4 is 37.3 Å². The van der Waals surface area contributed by atoms with Crippen molar-refractivity contribution in [3.63, 3.8) is 0 Å². The number of halogens is 1. The van der Waals surface area contributed by atoms with Crippen LogP contribution in [0.5, 0.6) is 0 Å². The lowest BCUT2D eigenvalue weighted by Gasteiger charge is -2.13. The molecule has 0 unspecified atom stereocenters. The fourth-order valence-corrected chi connectivity index (χ4v) is 5.92. The van der Waals surface area contributed by atoms with Crippen LogP contribution in [0.15, 0.2) is 52.3 Å². The van der Waals surface area contributed by atoms with E-state index in [4.69, 9.17) is 11.6 Å². The zero-order valence-electron chi connectivity index (χ0n) is 16.5. The van der Waals surface area contributed by atoms with Gasteiger partial charge in [0.2, 0.25) is 20.0 Å². The predicted molar refractivity (Wildman–Crippen MR) is 116 cm³/mol. The van der Waals surface area contributed by atoms with Crippen LogP contribution in [0.4, 0.5) is 5.69 Å². The summed E-state index contributed by atoms with van der Waals surface area (Å²) in [5.41, 5.74) is 0.247. The highest BCUT2D eigenvalue weighted by molar-refractivity contribution is 7.89. The maximum Gasteiger partial charge on any atom is 0.289 e. The summed E-state index contributed by atoms with van der Waals surface area (Å²) in [7, 11) is -7.55. The van der Waals surface area contributed by atoms with Gasteiger partial charge in [-0.3, -0.25) is 10.1 Å². The highest BCUT2D eigenvalue weighted by atomic mass is 35.5. The Morgan fingerprint density at radius 3 is 2.19 bits per heavy atom. The molecule has 0 amide bonds. The number of hydrogen-bond donors (Lipinski definition) is 2. The third kappa shape index (κ3) is 6.01. The van der Waals surface area contributed by atoms with Crippen molar-refractivity contribution in [2.75, 3.05) is 6.54 Å². The van der Waals surface area contributed by atoms with Gasteiger partial charge in [-0.1, -0.05) is 36.6 Å². The van der Waals surface area contributed by atoms with Crippen LogP contribution in [0.25, 0.3) is 0 Å². The summed E-state index contributed by atoms with van der Waals surface area (Å²) in [5, 5.41) is 10.8. The number of nitrogens with one attached hydrogen (secondary N) is 2. The zero-order valence-corrected chi connectivity index (χ0v) is 18.8. The molecule has 9 nitrogen and oxygen atoms in total. The summed E-state index contributed by atoms with van der Waals surface area (Å²) in [6.45, 7) is 0.0329. The van der Waals surface area contributed by atoms with Gasteiger partial charge in [0.1, 0.15) is 5.02 Å². The second-order valence-corrected chi connectivity index (χ2v) is 11.2. The average molecular weight is 488 g/mol. The largest absolute Gasteiger partial charge is 0.289 e. The summed E-state index contributed by atoms with van der Waals surface area (Å²) in [5.74, 6) is 0. The molecule has 12 heteroatoms. The smallest absolute Gasteiger partial charge is 0.258 e. The van der Waals surface area contributed by atoms with E-state index in [2.05, 4.69) is 9.44 Å². The molecule has 0 saturated heterocycles. The molecule has 1 saturated carbocycles. The van der Waals surface area contributed by atoms with Crippen LogP contribution < -0.4 is 9.44 Å². The molecular formula is C19H22ClN3O6S2. The Morgan fingerprint density at radius 1 is 0.968 bits per heavy atom. The quantitative estimate of drug-likeness (QED) is 0.412. The zero-order chi connectivity index (χ0) is 22.6. The van der Waals surface area contributed by atoms with Gasteiger partial charge in [-0.2, -0.15) is 0 Å². The summed E-state index contributed by atoms with van der Waals surface area (Å²) < 4.78 is 54.8. The molecule has 0 heterocycles. The van der Waals surface area contributed by atoms with E-state index in [0.29, 0.717) is 6.42 Å². The van der Waals surface area contributed by atoms with Gasteiger partial charge in [-0.25, -0.2) is 26.3 Å². The highest BCUT2D eigenvalue weighted by Crippen LogP contribution is 2.27. The number of rotatable bonds is 9. The second kappa shape index (κ2) is 9.61. The minimum Gasteiger partial charge on any atom is -0.258 e. The van der Waals surface area contributed by atoms with Gasteiger partial charge in [0.15, 0.2) is 0 Å². The van der Waals surface area contributed by atoms with Crippen molar-refractivity contribution in [2.24, 2.45) is 0 Å². The van der Waals surface area contributed by atoms with E-state index in [-0.39, 0.29) is 27.4 Å². The Labute approximate surface area is 186 Å². The Morgan fingerprint density at radius 2 is 1.58 bits per heavy atom. The lowest BCUT2D eigenvalue weighted by atomic mass is 10.2. The van der Waals surface area contributed by atoms with Gasteiger partial charge >= 0.3 is 0 Å². The first-order chi connectivity index (χ1) is 14.6. The minimum absolute atomic E-state index is 0.0252. The molecule has 1 aliphatic carbocycles. The molecule has 1 aliphatic rings. The van der Waals surface area contributed by atoms with Crippen LogP contribution in [-0.2, 0) is 26.5 Å². The highest BCUT2D eigenvalue weighted by Gasteiger charge is 2.23. The Bertz CT molecular complexity index is 1160. The first-order valence-electron chi connectivity index (χ1n) is 9.63. The molecule has 0 aliphatic heterocycles. The summed E-state index contributed by atoms with van der Waals surface area (Å²) in [6, 6.07) is 9.47. The molecule has 168 valence electrons. The maximum atomic E-state index is 12.4. The lowest BCUT2D eigenvalue weighted by Crippen LogP contribution is -2.32. The number of sulfonamides is 2. The average Bonchev–Trinajstić information content (AvgIpc) is 3.20. The normalized spacial score (nSPS) is 15.3. The Kier molecular flexibility index (Phi) is 7.32. The van der Waals surface area contributed by atoms with Crippen LogP contribution in [-0.4, -0.2) is 34.3 Å². The first kappa shape index (κ1) is 23.6. The molecule has 2 aromatic carbocycles. The van der Waals surface area contributed by atoms with Crippen molar-refractivity contribution < 1.29 is 21.8 Å². The SMILES string of the molecule is O=[N+]([O-])c1cc(S(=O)(=O)NCCc2ccc(S(=O)(=O)NC3CCCC3)cc2)ccc1Cl. The van der Waals surface area contributed by atoms with E-state index in [0.717, 1.165) is 43.4 Å². The fraction of sp³-hybridized carbons (Fsp3) is 0.368. The van der Waals surface area contributed by atoms with Crippen molar-refractivity contribution in [2.45, 2.75) is 47.9 Å². The maximum absolute atomic E-state index is 12.4.